The van der Waals surface area contributed by atoms with Gasteiger partial charge in [-0.25, -0.2) is 14.8 Å². The summed E-state index contributed by atoms with van der Waals surface area (Å²) >= 11 is 6.57. The Hall–Kier alpha value is -4.41. The molecule has 0 bridgehead atoms. The fraction of sp³-hybridized carbons (Fsp3) is 0.378. The van der Waals surface area contributed by atoms with Crippen LogP contribution < -0.4 is 5.43 Å². The smallest absolute Gasteiger partial charge is 0.256 e. The number of allylic oxidation sites excluding steroid dienone is 1. The van der Waals surface area contributed by atoms with Crippen molar-refractivity contribution in [3.05, 3.63) is 100 Å². The summed E-state index contributed by atoms with van der Waals surface area (Å²) in [6.07, 6.45) is 7.52. The van der Waals surface area contributed by atoms with Crippen LogP contribution in [0.2, 0.25) is 0 Å². The summed E-state index contributed by atoms with van der Waals surface area (Å²) in [5, 5.41) is 3.93. The Bertz CT molecular complexity index is 1760. The zero-order chi connectivity index (χ0) is 33.8. The Morgan fingerprint density at radius 1 is 1.17 bits per heavy atom. The van der Waals surface area contributed by atoms with Crippen molar-refractivity contribution in [1.82, 2.24) is 25.1 Å². The number of carbonyl (C=O) groups excluding carboxylic acids is 2. The average molecular weight is 670 g/mol. The van der Waals surface area contributed by atoms with Crippen LogP contribution in [0.15, 0.2) is 76.5 Å². The molecule has 1 N–H and O–H groups in total. The zero-order valence-electron chi connectivity index (χ0n) is 27.6. The van der Waals surface area contributed by atoms with E-state index in [0.29, 0.717) is 31.9 Å². The summed E-state index contributed by atoms with van der Waals surface area (Å²) in [7, 11) is 0. The van der Waals surface area contributed by atoms with Crippen LogP contribution in [0.4, 0.5) is 10.1 Å². The molecule has 1 aromatic heterocycles. The molecule has 48 heavy (non-hydrogen) atoms. The number of hydrogen-bond acceptors (Lipinski definition) is 6. The number of amidine groups is 1. The molecule has 1 spiro atoms. The number of hydrazone groups is 1. The van der Waals surface area contributed by atoms with Crippen LogP contribution in [0.25, 0.3) is 6.08 Å². The minimum atomic E-state index is -0.530. The summed E-state index contributed by atoms with van der Waals surface area (Å²) in [5.41, 5.74) is 9.20. The molecule has 0 unspecified atom stereocenters. The minimum absolute atomic E-state index is 0.0190. The number of aromatic nitrogens is 1. The molecule has 3 aromatic rings. The van der Waals surface area contributed by atoms with Crippen molar-refractivity contribution in [3.63, 3.8) is 0 Å². The number of aliphatic imine (C=N–C) groups is 1. The van der Waals surface area contributed by atoms with Gasteiger partial charge in [0.1, 0.15) is 5.82 Å². The Labute approximate surface area is 286 Å². The maximum Gasteiger partial charge on any atom is 0.256 e. The van der Waals surface area contributed by atoms with Crippen molar-refractivity contribution in [1.29, 1.82) is 0 Å². The second-order valence-corrected chi connectivity index (χ2v) is 13.6. The molecule has 0 radical (unpaired) electrons. The maximum absolute atomic E-state index is 14.4. The molecule has 1 saturated heterocycles. The van der Waals surface area contributed by atoms with Crippen LogP contribution in [-0.2, 0) is 24.3 Å². The van der Waals surface area contributed by atoms with E-state index in [-0.39, 0.29) is 33.8 Å². The highest BCUT2D eigenvalue weighted by atomic mass is 35.5. The summed E-state index contributed by atoms with van der Waals surface area (Å²) in [5.74, 6) is -0.527. The SMILES string of the molecule is CCN(C(=O)c1cc(F)ccc1N=C(/C(Cl)=N\NC=O)N1CC2(CC(=Cc3ccnc4c3CN(Cc3ccccc3)CC4)C2)C1)C(C)C. The standard InChI is InChI=1S/C37H41ClFN7O2/c1-4-46(25(2)3)36(48)30-17-29(39)10-11-33(30)42-35(34(38)43-41-24-47)45-22-37(23-45)18-27(19-37)16-28-12-14-40-32-13-15-44(21-31(28)32)20-26-8-6-5-7-9-26/h5-12,14,16-17,24-25H,4,13,15,18-23H2,1-3H3,(H,41,47)/b42-35?,43-34+. The molecule has 3 heterocycles. The van der Waals surface area contributed by atoms with Gasteiger partial charge in [-0.05, 0) is 74.6 Å². The topological polar surface area (TPSA) is 93.5 Å². The monoisotopic (exact) mass is 669 g/mol. The van der Waals surface area contributed by atoms with Crippen LogP contribution in [0.5, 0.6) is 0 Å². The van der Waals surface area contributed by atoms with Gasteiger partial charge in [-0.2, -0.15) is 5.10 Å². The fourth-order valence-corrected chi connectivity index (χ4v) is 7.38. The third kappa shape index (κ3) is 7.19. The number of rotatable bonds is 10. The van der Waals surface area contributed by atoms with Crippen molar-refractivity contribution < 1.29 is 14.0 Å². The third-order valence-electron chi connectivity index (χ3n) is 9.43. The van der Waals surface area contributed by atoms with Crippen molar-refractivity contribution >= 4 is 46.7 Å². The lowest BCUT2D eigenvalue weighted by Crippen LogP contribution is -2.63. The van der Waals surface area contributed by atoms with Crippen molar-refractivity contribution in [2.75, 3.05) is 26.2 Å². The number of likely N-dealkylation sites (tertiary alicyclic amines) is 1. The Morgan fingerprint density at radius 2 is 1.94 bits per heavy atom. The van der Waals surface area contributed by atoms with E-state index in [1.165, 1.54) is 46.2 Å². The zero-order valence-corrected chi connectivity index (χ0v) is 28.4. The largest absolute Gasteiger partial charge is 0.353 e. The van der Waals surface area contributed by atoms with Gasteiger partial charge in [0, 0.05) is 69.0 Å². The van der Waals surface area contributed by atoms with E-state index < -0.39 is 5.82 Å². The Morgan fingerprint density at radius 3 is 2.65 bits per heavy atom. The lowest BCUT2D eigenvalue weighted by Gasteiger charge is -2.57. The molecule has 2 amide bonds. The minimum Gasteiger partial charge on any atom is -0.353 e. The predicted octanol–water partition coefficient (Wildman–Crippen LogP) is 6.16. The first-order valence-electron chi connectivity index (χ1n) is 16.5. The normalized spacial score (nSPS) is 17.5. The Balaban J connectivity index is 1.18. The summed E-state index contributed by atoms with van der Waals surface area (Å²) in [4.78, 5) is 40.0. The fourth-order valence-electron chi connectivity index (χ4n) is 7.17. The number of nitrogens with zero attached hydrogens (tertiary/aromatic N) is 6. The molecule has 9 nitrogen and oxygen atoms in total. The van der Waals surface area contributed by atoms with Crippen molar-refractivity contribution in [3.8, 4) is 0 Å². The van der Waals surface area contributed by atoms with Gasteiger partial charge in [-0.1, -0.05) is 53.6 Å². The number of amides is 2. The molecule has 1 saturated carbocycles. The van der Waals surface area contributed by atoms with E-state index in [2.05, 4.69) is 57.9 Å². The summed E-state index contributed by atoms with van der Waals surface area (Å²) < 4.78 is 14.4. The predicted molar refractivity (Wildman–Crippen MR) is 188 cm³/mol. The van der Waals surface area contributed by atoms with Gasteiger partial charge in [0.25, 0.3) is 5.91 Å². The van der Waals surface area contributed by atoms with Crippen LogP contribution in [-0.4, -0.2) is 75.2 Å². The van der Waals surface area contributed by atoms with Gasteiger partial charge in [-0.3, -0.25) is 19.5 Å². The second-order valence-electron chi connectivity index (χ2n) is 13.2. The molecule has 250 valence electrons. The first-order chi connectivity index (χ1) is 23.2. The van der Waals surface area contributed by atoms with E-state index in [1.54, 1.807) is 4.90 Å². The molecule has 3 aliphatic rings. The summed E-state index contributed by atoms with van der Waals surface area (Å²) in [6.45, 7) is 10.3. The van der Waals surface area contributed by atoms with E-state index in [4.69, 9.17) is 21.6 Å². The lowest BCUT2D eigenvalue weighted by molar-refractivity contribution is -0.109. The maximum atomic E-state index is 14.4. The van der Waals surface area contributed by atoms with E-state index in [1.807, 2.05) is 31.9 Å². The van der Waals surface area contributed by atoms with Crippen LogP contribution in [0.3, 0.4) is 0 Å². The highest BCUT2D eigenvalue weighted by molar-refractivity contribution is 6.83. The number of carbonyl (C=O) groups is 2. The van der Waals surface area contributed by atoms with Crippen molar-refractivity contribution in [2.24, 2.45) is 15.5 Å². The third-order valence-corrected chi connectivity index (χ3v) is 9.69. The van der Waals surface area contributed by atoms with Crippen LogP contribution >= 0.6 is 11.6 Å². The molecule has 2 aromatic carbocycles. The number of hydrogen-bond donors (Lipinski definition) is 1. The van der Waals surface area contributed by atoms with Gasteiger partial charge in [0.2, 0.25) is 6.41 Å². The van der Waals surface area contributed by atoms with E-state index in [0.717, 1.165) is 38.9 Å². The van der Waals surface area contributed by atoms with Gasteiger partial charge >= 0.3 is 0 Å². The molecule has 2 fully saturated rings. The summed E-state index contributed by atoms with van der Waals surface area (Å²) in [6, 6.07) is 16.6. The van der Waals surface area contributed by atoms with Crippen LogP contribution in [0, 0.1) is 11.2 Å². The molecule has 2 aliphatic heterocycles. The first-order valence-corrected chi connectivity index (χ1v) is 16.9. The molecular formula is C37H41ClFN7O2. The number of halogens is 2. The van der Waals surface area contributed by atoms with Crippen molar-refractivity contribution in [2.45, 2.75) is 59.2 Å². The van der Waals surface area contributed by atoms with Crippen LogP contribution in [0.1, 0.15) is 66.4 Å². The van der Waals surface area contributed by atoms with Gasteiger partial charge in [0.05, 0.1) is 11.3 Å². The average Bonchev–Trinajstić information content (AvgIpc) is 3.04. The number of fused-ring (bicyclic) bond motifs is 1. The highest BCUT2D eigenvalue weighted by Crippen LogP contribution is 2.52. The highest BCUT2D eigenvalue weighted by Gasteiger charge is 2.51. The molecule has 6 rings (SSSR count). The van der Waals surface area contributed by atoms with Gasteiger partial charge in [0.15, 0.2) is 11.0 Å². The number of nitrogens with one attached hydrogen (secondary N) is 1. The second kappa shape index (κ2) is 14.4. The van der Waals surface area contributed by atoms with Gasteiger partial charge < -0.3 is 9.80 Å². The molecule has 0 atom stereocenters. The van der Waals surface area contributed by atoms with Gasteiger partial charge in [-0.15, -0.1) is 0 Å². The lowest BCUT2D eigenvalue weighted by atomic mass is 9.60. The Kier molecular flexibility index (Phi) is 10.0. The quantitative estimate of drug-likeness (QED) is 0.121. The van der Waals surface area contributed by atoms with E-state index >= 15 is 0 Å². The first kappa shape index (κ1) is 33.5. The molecule has 1 aliphatic carbocycles. The van der Waals surface area contributed by atoms with E-state index in [9.17, 15) is 14.0 Å². The molecule has 11 heteroatoms. The number of benzene rings is 2. The molecular weight excluding hydrogens is 629 g/mol. The number of pyridine rings is 1.